The molecule has 1 unspecified atom stereocenters. The number of hydrogen-bond acceptors (Lipinski definition) is 6. The Kier molecular flexibility index (Phi) is 5.18. The number of nitrogens with zero attached hydrogens (tertiary/aromatic N) is 4. The normalized spacial score (nSPS) is 14.0. The minimum absolute atomic E-state index is 0.350. The van der Waals surface area contributed by atoms with Crippen molar-refractivity contribution in [3.8, 4) is 5.82 Å². The third-order valence-electron chi connectivity index (χ3n) is 3.57. The predicted molar refractivity (Wildman–Crippen MR) is 89.8 cm³/mol. The van der Waals surface area contributed by atoms with Crippen molar-refractivity contribution in [2.75, 3.05) is 13.1 Å². The van der Waals surface area contributed by atoms with Crippen molar-refractivity contribution in [3.63, 3.8) is 0 Å². The van der Waals surface area contributed by atoms with Crippen LogP contribution in [0.5, 0.6) is 0 Å². The SMILES string of the molecule is CC(C)(C)OC(=O)NCC(C)(CN)c1ccc(-n2cncn2)nc1. The molecule has 0 aliphatic heterocycles. The molecular weight excluding hydrogens is 308 g/mol. The summed E-state index contributed by atoms with van der Waals surface area (Å²) in [6.45, 7) is 8.14. The van der Waals surface area contributed by atoms with E-state index in [1.807, 2.05) is 39.8 Å². The Morgan fingerprint density at radius 3 is 2.58 bits per heavy atom. The lowest BCUT2D eigenvalue weighted by atomic mass is 9.83. The van der Waals surface area contributed by atoms with E-state index in [1.54, 1.807) is 17.2 Å². The topological polar surface area (TPSA) is 108 Å². The Balaban J connectivity index is 2.07. The van der Waals surface area contributed by atoms with E-state index in [2.05, 4.69) is 20.4 Å². The van der Waals surface area contributed by atoms with Crippen molar-refractivity contribution in [2.45, 2.75) is 38.7 Å². The highest BCUT2D eigenvalue weighted by Crippen LogP contribution is 2.22. The lowest BCUT2D eigenvalue weighted by molar-refractivity contribution is 0.0516. The number of nitrogens with two attached hydrogens (primary N) is 1. The number of amides is 1. The molecule has 8 heteroatoms. The molecule has 24 heavy (non-hydrogen) atoms. The summed E-state index contributed by atoms with van der Waals surface area (Å²) >= 11 is 0. The van der Waals surface area contributed by atoms with E-state index in [0.717, 1.165) is 5.56 Å². The predicted octanol–water partition coefficient (Wildman–Crippen LogP) is 1.40. The number of rotatable bonds is 5. The fourth-order valence-electron chi connectivity index (χ4n) is 2.08. The largest absolute Gasteiger partial charge is 0.444 e. The summed E-state index contributed by atoms with van der Waals surface area (Å²) in [5.41, 5.74) is 5.87. The van der Waals surface area contributed by atoms with Gasteiger partial charge in [-0.15, -0.1) is 0 Å². The summed E-state index contributed by atoms with van der Waals surface area (Å²) in [5.74, 6) is 0.663. The number of carbonyl (C=O) groups is 1. The lowest BCUT2D eigenvalue weighted by Gasteiger charge is -2.29. The van der Waals surface area contributed by atoms with Crippen molar-refractivity contribution >= 4 is 6.09 Å². The minimum Gasteiger partial charge on any atom is -0.444 e. The first-order valence-electron chi connectivity index (χ1n) is 7.72. The molecule has 0 spiro atoms. The van der Waals surface area contributed by atoms with Crippen LogP contribution in [0.2, 0.25) is 0 Å². The van der Waals surface area contributed by atoms with Crippen LogP contribution in [0.4, 0.5) is 4.79 Å². The highest BCUT2D eigenvalue weighted by molar-refractivity contribution is 5.67. The highest BCUT2D eigenvalue weighted by atomic mass is 16.6. The van der Waals surface area contributed by atoms with Crippen LogP contribution in [-0.2, 0) is 10.2 Å². The number of hydrogen-bond donors (Lipinski definition) is 2. The number of alkyl carbamates (subject to hydrolysis) is 1. The van der Waals surface area contributed by atoms with Crippen molar-refractivity contribution in [2.24, 2.45) is 5.73 Å². The molecule has 0 aliphatic rings. The van der Waals surface area contributed by atoms with Gasteiger partial charge in [-0.3, -0.25) is 0 Å². The number of carbonyl (C=O) groups excluding carboxylic acids is 1. The summed E-state index contributed by atoms with van der Waals surface area (Å²) in [7, 11) is 0. The Hall–Kier alpha value is -2.48. The van der Waals surface area contributed by atoms with Gasteiger partial charge in [0, 0.05) is 24.7 Å². The Morgan fingerprint density at radius 2 is 2.08 bits per heavy atom. The fraction of sp³-hybridized carbons (Fsp3) is 0.500. The molecule has 8 nitrogen and oxygen atoms in total. The Morgan fingerprint density at radius 1 is 1.33 bits per heavy atom. The minimum atomic E-state index is -0.537. The van der Waals surface area contributed by atoms with Gasteiger partial charge in [0.15, 0.2) is 5.82 Å². The maximum absolute atomic E-state index is 11.9. The first kappa shape index (κ1) is 17.9. The number of pyridine rings is 1. The van der Waals surface area contributed by atoms with Crippen LogP contribution in [0, 0.1) is 0 Å². The van der Waals surface area contributed by atoms with Crippen LogP contribution in [0.15, 0.2) is 31.0 Å². The molecule has 0 saturated heterocycles. The molecule has 0 aliphatic carbocycles. The summed E-state index contributed by atoms with van der Waals surface area (Å²) in [6.07, 6.45) is 4.30. The first-order chi connectivity index (χ1) is 11.2. The standard InChI is InChI=1S/C16H24N6O2/c1-15(2,3)24-14(23)20-9-16(4,8-17)12-5-6-13(19-7-12)22-11-18-10-21-22/h5-7,10-11H,8-9,17H2,1-4H3,(H,20,23). The number of ether oxygens (including phenoxy) is 1. The molecule has 1 amide bonds. The van der Waals surface area contributed by atoms with Crippen molar-refractivity contribution in [1.29, 1.82) is 0 Å². The third kappa shape index (κ3) is 4.51. The maximum Gasteiger partial charge on any atom is 0.407 e. The zero-order valence-corrected chi connectivity index (χ0v) is 14.5. The molecule has 0 radical (unpaired) electrons. The quantitative estimate of drug-likeness (QED) is 0.857. The van der Waals surface area contributed by atoms with Crippen LogP contribution >= 0.6 is 0 Å². The fourth-order valence-corrected chi connectivity index (χ4v) is 2.08. The Labute approximate surface area is 141 Å². The summed E-state index contributed by atoms with van der Waals surface area (Å²) < 4.78 is 6.83. The van der Waals surface area contributed by atoms with Crippen LogP contribution in [0.1, 0.15) is 33.3 Å². The molecular formula is C16H24N6O2. The number of nitrogens with one attached hydrogen (secondary N) is 1. The lowest BCUT2D eigenvalue weighted by Crippen LogP contribution is -2.45. The van der Waals surface area contributed by atoms with Gasteiger partial charge in [0.05, 0.1) is 0 Å². The molecule has 0 fully saturated rings. The van der Waals surface area contributed by atoms with Gasteiger partial charge >= 0.3 is 6.09 Å². The first-order valence-corrected chi connectivity index (χ1v) is 7.72. The molecule has 1 atom stereocenters. The molecule has 2 rings (SSSR count). The summed E-state index contributed by atoms with van der Waals surface area (Å²) in [6, 6.07) is 3.76. The van der Waals surface area contributed by atoms with Crippen LogP contribution < -0.4 is 11.1 Å². The average molecular weight is 332 g/mol. The molecule has 2 aromatic rings. The van der Waals surface area contributed by atoms with Crippen LogP contribution in [0.25, 0.3) is 5.82 Å². The van der Waals surface area contributed by atoms with Gasteiger partial charge in [0.2, 0.25) is 0 Å². The molecule has 3 N–H and O–H groups in total. The van der Waals surface area contributed by atoms with E-state index >= 15 is 0 Å². The molecule has 2 heterocycles. The number of aromatic nitrogens is 4. The maximum atomic E-state index is 11.9. The van der Waals surface area contributed by atoms with E-state index in [-0.39, 0.29) is 0 Å². The van der Waals surface area contributed by atoms with Crippen molar-refractivity contribution in [3.05, 3.63) is 36.5 Å². The summed E-state index contributed by atoms with van der Waals surface area (Å²) in [5, 5.41) is 6.81. The van der Waals surface area contributed by atoms with Gasteiger partial charge in [-0.2, -0.15) is 5.10 Å². The average Bonchev–Trinajstić information content (AvgIpc) is 3.05. The van der Waals surface area contributed by atoms with E-state index < -0.39 is 17.1 Å². The van der Waals surface area contributed by atoms with Crippen molar-refractivity contribution in [1.82, 2.24) is 25.1 Å². The highest BCUT2D eigenvalue weighted by Gasteiger charge is 2.27. The monoisotopic (exact) mass is 332 g/mol. The Bertz CT molecular complexity index is 663. The van der Waals surface area contributed by atoms with E-state index in [4.69, 9.17) is 10.5 Å². The zero-order chi connectivity index (χ0) is 17.8. The second-order valence-electron chi connectivity index (χ2n) is 6.87. The third-order valence-corrected chi connectivity index (χ3v) is 3.57. The van der Waals surface area contributed by atoms with Gasteiger partial charge < -0.3 is 15.8 Å². The molecule has 0 bridgehead atoms. The second-order valence-corrected chi connectivity index (χ2v) is 6.87. The zero-order valence-electron chi connectivity index (χ0n) is 14.5. The van der Waals surface area contributed by atoms with Crippen molar-refractivity contribution < 1.29 is 9.53 Å². The van der Waals surface area contributed by atoms with E-state index in [9.17, 15) is 4.79 Å². The van der Waals surface area contributed by atoms with E-state index in [0.29, 0.717) is 18.9 Å². The van der Waals surface area contributed by atoms with Crippen LogP contribution in [-0.4, -0.2) is 44.5 Å². The smallest absolute Gasteiger partial charge is 0.407 e. The molecule has 0 saturated carbocycles. The second kappa shape index (κ2) is 6.96. The van der Waals surface area contributed by atoms with Gasteiger partial charge in [-0.25, -0.2) is 19.4 Å². The molecule has 2 aromatic heterocycles. The molecule has 0 aromatic carbocycles. The summed E-state index contributed by atoms with van der Waals surface area (Å²) in [4.78, 5) is 20.1. The van der Waals surface area contributed by atoms with Gasteiger partial charge in [0.1, 0.15) is 18.3 Å². The van der Waals surface area contributed by atoms with E-state index in [1.165, 1.54) is 6.33 Å². The van der Waals surface area contributed by atoms with Gasteiger partial charge in [0.25, 0.3) is 0 Å². The van der Waals surface area contributed by atoms with Crippen LogP contribution in [0.3, 0.4) is 0 Å². The molecule has 130 valence electrons. The van der Waals surface area contributed by atoms with Gasteiger partial charge in [-0.1, -0.05) is 13.0 Å². The van der Waals surface area contributed by atoms with Gasteiger partial charge in [-0.05, 0) is 32.4 Å².